The lowest BCUT2D eigenvalue weighted by molar-refractivity contribution is -0.141. The van der Waals surface area contributed by atoms with Crippen LogP contribution in [-0.2, 0) is 14.3 Å². The molecule has 3 heterocycles. The molecule has 0 radical (unpaired) electrons. The molecule has 2 bridgehead atoms. The van der Waals surface area contributed by atoms with E-state index in [1.54, 1.807) is 12.0 Å². The van der Waals surface area contributed by atoms with Crippen molar-refractivity contribution in [1.29, 1.82) is 0 Å². The summed E-state index contributed by atoms with van der Waals surface area (Å²) in [5.41, 5.74) is 1.15. The predicted molar refractivity (Wildman–Crippen MR) is 160 cm³/mol. The minimum atomic E-state index is -0.886. The molecule has 43 heavy (non-hydrogen) atoms. The van der Waals surface area contributed by atoms with Crippen molar-refractivity contribution in [2.75, 3.05) is 13.7 Å². The van der Waals surface area contributed by atoms with E-state index in [9.17, 15) is 14.4 Å². The van der Waals surface area contributed by atoms with Crippen molar-refractivity contribution >= 4 is 28.8 Å². The highest BCUT2D eigenvalue weighted by atomic mass is 16.6. The first kappa shape index (κ1) is 29.6. The minimum absolute atomic E-state index is 0.127. The van der Waals surface area contributed by atoms with Gasteiger partial charge in [-0.15, -0.1) is 0 Å². The van der Waals surface area contributed by atoms with E-state index >= 15 is 0 Å². The summed E-state index contributed by atoms with van der Waals surface area (Å²) in [5, 5.41) is 2.87. The molecule has 2 aliphatic carbocycles. The number of nitrogens with one attached hydrogen (secondary N) is 1. The smallest absolute Gasteiger partial charge is 0.408 e. The lowest BCUT2D eigenvalue weighted by Gasteiger charge is -2.35. The number of Topliss-reactive ketones (excluding diaryl/α,β-unsaturated/α-hetero) is 1. The summed E-state index contributed by atoms with van der Waals surface area (Å²) in [6.45, 7) is 11.3. The first-order valence-electron chi connectivity index (χ1n) is 15.6. The van der Waals surface area contributed by atoms with Gasteiger partial charge in [-0.2, -0.15) is 0 Å². The molecular formula is C33H44N4O6. The number of alkyl carbamates (subject to hydrolysis) is 1. The van der Waals surface area contributed by atoms with Crippen molar-refractivity contribution in [2.45, 2.75) is 103 Å². The molecule has 1 saturated heterocycles. The van der Waals surface area contributed by atoms with Crippen LogP contribution in [0.25, 0.3) is 11.0 Å². The quantitative estimate of drug-likeness (QED) is 0.516. The molecule has 6 rings (SSSR count). The third kappa shape index (κ3) is 5.65. The van der Waals surface area contributed by atoms with Gasteiger partial charge in [0, 0.05) is 23.8 Å². The van der Waals surface area contributed by atoms with Crippen molar-refractivity contribution in [3.63, 3.8) is 0 Å². The van der Waals surface area contributed by atoms with Crippen molar-refractivity contribution in [1.82, 2.24) is 20.2 Å². The second kappa shape index (κ2) is 10.6. The number of hydrogen-bond donors (Lipinski definition) is 1. The molecule has 8 atom stereocenters. The van der Waals surface area contributed by atoms with E-state index in [-0.39, 0.29) is 30.1 Å². The maximum absolute atomic E-state index is 14.2. The fraction of sp³-hybridized carbons (Fsp3) is 0.667. The van der Waals surface area contributed by atoms with Crippen molar-refractivity contribution in [3.05, 3.63) is 23.9 Å². The third-order valence-electron chi connectivity index (χ3n) is 10.1. The number of ketones is 1. The van der Waals surface area contributed by atoms with Gasteiger partial charge in [0.2, 0.25) is 11.8 Å². The predicted octanol–water partition coefficient (Wildman–Crippen LogP) is 5.03. The zero-order chi connectivity index (χ0) is 30.8. The maximum atomic E-state index is 14.2. The van der Waals surface area contributed by atoms with E-state index in [0.29, 0.717) is 29.0 Å². The summed E-state index contributed by atoms with van der Waals surface area (Å²) in [7, 11) is 1.62. The molecule has 2 unspecified atom stereocenters. The van der Waals surface area contributed by atoms with Crippen LogP contribution in [0.3, 0.4) is 0 Å². The molecule has 2 saturated carbocycles. The number of nitrogens with zero attached hydrogens (tertiary/aromatic N) is 3. The Morgan fingerprint density at radius 1 is 1.16 bits per heavy atom. The van der Waals surface area contributed by atoms with E-state index in [4.69, 9.17) is 24.2 Å². The van der Waals surface area contributed by atoms with E-state index < -0.39 is 35.3 Å². The van der Waals surface area contributed by atoms with Crippen molar-refractivity contribution in [3.8, 4) is 11.6 Å². The van der Waals surface area contributed by atoms with E-state index in [1.165, 1.54) is 6.92 Å². The summed E-state index contributed by atoms with van der Waals surface area (Å²) in [6, 6.07) is 4.07. The highest BCUT2D eigenvalue weighted by molar-refractivity contribution is 5.92. The molecular weight excluding hydrogens is 548 g/mol. The van der Waals surface area contributed by atoms with Gasteiger partial charge in [0.05, 0.1) is 30.7 Å². The molecule has 4 aliphatic rings. The largest absolute Gasteiger partial charge is 0.497 e. The van der Waals surface area contributed by atoms with Crippen molar-refractivity contribution in [2.24, 2.45) is 23.2 Å². The van der Waals surface area contributed by atoms with Crippen LogP contribution in [0.4, 0.5) is 4.79 Å². The number of ether oxygens (including phenoxy) is 3. The number of hydrogen-bond acceptors (Lipinski definition) is 8. The molecule has 3 fully saturated rings. The number of rotatable bonds is 2. The number of benzene rings is 1. The van der Waals surface area contributed by atoms with Gasteiger partial charge >= 0.3 is 6.09 Å². The summed E-state index contributed by atoms with van der Waals surface area (Å²) in [6.07, 6.45) is 3.84. The van der Waals surface area contributed by atoms with Crippen LogP contribution in [0.1, 0.15) is 85.3 Å². The van der Waals surface area contributed by atoms with Gasteiger partial charge in [0.1, 0.15) is 29.2 Å². The first-order valence-corrected chi connectivity index (χ1v) is 15.6. The summed E-state index contributed by atoms with van der Waals surface area (Å²) >= 11 is 0. The molecule has 1 aromatic heterocycles. The van der Waals surface area contributed by atoms with Crippen LogP contribution in [0.2, 0.25) is 0 Å². The summed E-state index contributed by atoms with van der Waals surface area (Å²) in [5.74, 6) is 1.42. The number of aromatic nitrogens is 2. The Kier molecular flexibility index (Phi) is 7.32. The molecule has 2 aliphatic heterocycles. The minimum Gasteiger partial charge on any atom is -0.497 e. The number of amides is 2. The number of methoxy groups -OCH3 is 1. The normalized spacial score (nSPS) is 34.4. The highest BCUT2D eigenvalue weighted by Crippen LogP contribution is 2.54. The van der Waals surface area contributed by atoms with Gasteiger partial charge in [-0.05, 0) is 63.0 Å². The van der Waals surface area contributed by atoms with E-state index in [0.717, 1.165) is 43.3 Å². The van der Waals surface area contributed by atoms with Gasteiger partial charge in [0.25, 0.3) is 0 Å². The van der Waals surface area contributed by atoms with E-state index in [1.807, 2.05) is 52.8 Å². The van der Waals surface area contributed by atoms with Crippen LogP contribution in [-0.4, -0.2) is 70.1 Å². The third-order valence-corrected chi connectivity index (χ3v) is 10.1. The van der Waals surface area contributed by atoms with E-state index in [2.05, 4.69) is 5.32 Å². The second-order valence-corrected chi connectivity index (χ2v) is 14.4. The number of carbonyl (C=O) groups is 3. The highest BCUT2D eigenvalue weighted by Gasteiger charge is 2.55. The average molecular weight is 593 g/mol. The Hall–Kier alpha value is -3.43. The van der Waals surface area contributed by atoms with Gasteiger partial charge in [-0.25, -0.2) is 14.8 Å². The van der Waals surface area contributed by atoms with Crippen LogP contribution in [0.15, 0.2) is 18.2 Å². The Labute approximate surface area is 253 Å². The monoisotopic (exact) mass is 592 g/mol. The number of fused-ring (bicyclic) bond motifs is 7. The van der Waals surface area contributed by atoms with Gasteiger partial charge in [0.15, 0.2) is 5.78 Å². The molecule has 2 amide bonds. The molecule has 10 heteroatoms. The molecule has 1 aromatic carbocycles. The second-order valence-electron chi connectivity index (χ2n) is 14.4. The van der Waals surface area contributed by atoms with Gasteiger partial charge in [-0.1, -0.05) is 34.1 Å². The average Bonchev–Trinajstić information content (AvgIpc) is 3.81. The van der Waals surface area contributed by atoms with Crippen LogP contribution in [0, 0.1) is 23.2 Å². The Morgan fingerprint density at radius 2 is 1.93 bits per heavy atom. The Bertz CT molecular complexity index is 1450. The zero-order valence-electron chi connectivity index (χ0n) is 26.3. The molecule has 1 N–H and O–H groups in total. The van der Waals surface area contributed by atoms with Crippen molar-refractivity contribution < 1.29 is 28.6 Å². The lowest BCUT2D eigenvalue weighted by Crippen LogP contribution is -2.57. The number of carbonyl (C=O) groups excluding carboxylic acids is 3. The van der Waals surface area contributed by atoms with Crippen LogP contribution >= 0.6 is 0 Å². The maximum Gasteiger partial charge on any atom is 0.408 e. The topological polar surface area (TPSA) is 120 Å². The Balaban J connectivity index is 1.39. The lowest BCUT2D eigenvalue weighted by atomic mass is 9.85. The molecule has 2 aromatic rings. The van der Waals surface area contributed by atoms with Crippen LogP contribution in [0.5, 0.6) is 11.6 Å². The molecule has 0 spiro atoms. The standard InChI is InChI=1S/C33H44N4O6/c1-17-25-16-37(27(17)18(2)38)30(39)28(32(3,4)5)36-31(40)43-33(6)15-20(33)10-8-9-19-13-22(19)26-29(42-25)35-24-14-21(41-7)11-12-23(24)34-26/h11-12,14,17,19-20,22,25,27-28H,8-10,13,15-16H2,1-7H3,(H,36,40)/t17-,19?,20-,22?,25+,27+,28-,33-/m1/s1. The summed E-state index contributed by atoms with van der Waals surface area (Å²) in [4.78, 5) is 51.9. The molecule has 232 valence electrons. The zero-order valence-corrected chi connectivity index (χ0v) is 26.3. The fourth-order valence-electron chi connectivity index (χ4n) is 7.22. The summed E-state index contributed by atoms with van der Waals surface area (Å²) < 4.78 is 18.0. The van der Waals surface area contributed by atoms with Gasteiger partial charge < -0.3 is 24.4 Å². The van der Waals surface area contributed by atoms with Gasteiger partial charge in [-0.3, -0.25) is 9.59 Å². The van der Waals surface area contributed by atoms with Crippen LogP contribution < -0.4 is 14.8 Å². The molecule has 10 nitrogen and oxygen atoms in total. The fourth-order valence-corrected chi connectivity index (χ4v) is 7.22. The Morgan fingerprint density at radius 3 is 2.63 bits per heavy atom. The first-order chi connectivity index (χ1) is 20.3. The SMILES string of the molecule is COc1ccc2nc3c(nc2c1)O[C@H]1CN(C(=O)[C@H](C(C)(C)C)NC(=O)O[C@]2(C)C[C@H]2CCCC2CC32)[C@H](C(C)=O)[C@@H]1C.